The number of methoxy groups -OCH3 is 1. The molecule has 0 radical (unpaired) electrons. The number of fused-ring (bicyclic) bond motifs is 1. The second-order valence-electron chi connectivity index (χ2n) is 7.10. The molecule has 10 heteroatoms. The number of nitrogens with zero attached hydrogens (tertiary/aromatic N) is 2. The summed E-state index contributed by atoms with van der Waals surface area (Å²) in [5.41, 5.74) is 2.64. The Morgan fingerprint density at radius 3 is 2.87 bits per heavy atom. The van der Waals surface area contributed by atoms with Crippen LogP contribution in [0.15, 0.2) is 34.9 Å². The van der Waals surface area contributed by atoms with Gasteiger partial charge in [-0.05, 0) is 71.0 Å². The molecule has 0 aliphatic heterocycles. The van der Waals surface area contributed by atoms with Gasteiger partial charge in [0.25, 0.3) is 0 Å². The number of esters is 1. The molecule has 31 heavy (non-hydrogen) atoms. The van der Waals surface area contributed by atoms with Gasteiger partial charge in [0, 0.05) is 16.1 Å². The number of carbonyl (C=O) groups excluding carboxylic acids is 1. The zero-order valence-corrected chi connectivity index (χ0v) is 20.7. The molecule has 2 heterocycles. The summed E-state index contributed by atoms with van der Waals surface area (Å²) in [4.78, 5) is 13.6. The maximum Gasteiger partial charge on any atom is 0.341 e. The molecule has 0 saturated heterocycles. The van der Waals surface area contributed by atoms with Crippen LogP contribution in [0.25, 0.3) is 0 Å². The molecule has 3 aromatic rings. The molecular weight excluding hydrogens is 520 g/mol. The lowest BCUT2D eigenvalue weighted by Crippen LogP contribution is -2.21. The van der Waals surface area contributed by atoms with E-state index >= 15 is 0 Å². The van der Waals surface area contributed by atoms with Crippen LogP contribution in [0.5, 0.6) is 0 Å². The minimum Gasteiger partial charge on any atom is -0.465 e. The van der Waals surface area contributed by atoms with Crippen LogP contribution in [-0.2, 0) is 24.1 Å². The highest BCUT2D eigenvalue weighted by molar-refractivity contribution is 9.10. The Balaban J connectivity index is 1.50. The first-order valence-electron chi connectivity index (χ1n) is 9.73. The lowest BCUT2D eigenvalue weighted by atomic mass is 9.95. The highest BCUT2D eigenvalue weighted by Crippen LogP contribution is 2.38. The molecule has 0 unspecified atom stereocenters. The Kier molecular flexibility index (Phi) is 6.95. The molecular formula is C21H20BrClN4O2S2. The monoisotopic (exact) mass is 538 g/mol. The van der Waals surface area contributed by atoms with Crippen LogP contribution in [0.2, 0.25) is 5.02 Å². The number of aromatic nitrogens is 2. The summed E-state index contributed by atoms with van der Waals surface area (Å²) in [5.74, 6) is 0.236. The summed E-state index contributed by atoms with van der Waals surface area (Å²) in [5, 5.41) is 12.6. The van der Waals surface area contributed by atoms with E-state index in [9.17, 15) is 4.79 Å². The van der Waals surface area contributed by atoms with Crippen LogP contribution in [0.3, 0.4) is 0 Å². The number of thiophene rings is 1. The van der Waals surface area contributed by atoms with Crippen molar-refractivity contribution in [3.8, 4) is 0 Å². The van der Waals surface area contributed by atoms with Crippen LogP contribution in [0.4, 0.5) is 10.8 Å². The minimum atomic E-state index is -0.338. The first kappa shape index (κ1) is 22.3. The number of benzene rings is 1. The zero-order valence-electron chi connectivity index (χ0n) is 16.7. The molecule has 0 atom stereocenters. The van der Waals surface area contributed by atoms with E-state index in [0.717, 1.165) is 41.3 Å². The van der Waals surface area contributed by atoms with Crippen LogP contribution >= 0.6 is 51.1 Å². The van der Waals surface area contributed by atoms with Gasteiger partial charge in [-0.25, -0.2) is 4.79 Å². The van der Waals surface area contributed by atoms with Crippen molar-refractivity contribution in [2.75, 3.05) is 17.7 Å². The summed E-state index contributed by atoms with van der Waals surface area (Å²) >= 11 is 16.8. The van der Waals surface area contributed by atoms with Crippen LogP contribution < -0.4 is 10.6 Å². The van der Waals surface area contributed by atoms with E-state index in [1.165, 1.54) is 12.0 Å². The third-order valence-electron chi connectivity index (χ3n) is 5.03. The maximum absolute atomic E-state index is 12.4. The zero-order chi connectivity index (χ0) is 22.0. The van der Waals surface area contributed by atoms with Crippen LogP contribution in [0.1, 0.15) is 39.2 Å². The molecule has 1 aliphatic rings. The van der Waals surface area contributed by atoms with Crippen LogP contribution in [0, 0.1) is 0 Å². The van der Waals surface area contributed by atoms with Gasteiger partial charge in [0.15, 0.2) is 10.9 Å². The maximum atomic E-state index is 12.4. The van der Waals surface area contributed by atoms with E-state index in [1.54, 1.807) is 16.0 Å². The lowest BCUT2D eigenvalue weighted by molar-refractivity contribution is 0.0601. The summed E-state index contributed by atoms with van der Waals surface area (Å²) in [6.45, 7) is 0.532. The molecule has 0 amide bonds. The SMILES string of the molecule is COC(=O)c1c(NC(=S)Nc2nn(Cc3ccccc3Cl)cc2Br)sc2c1CCCC2. The Bertz CT molecular complexity index is 1140. The van der Waals surface area contributed by atoms with Gasteiger partial charge in [-0.3, -0.25) is 4.68 Å². The number of thiocarbonyl (C=S) groups is 1. The van der Waals surface area contributed by atoms with Gasteiger partial charge in [-0.15, -0.1) is 11.3 Å². The molecule has 1 aromatic carbocycles. The molecule has 0 saturated carbocycles. The number of carbonyl (C=O) groups is 1. The fourth-order valence-corrected chi connectivity index (χ4v) is 5.73. The number of hydrogen-bond donors (Lipinski definition) is 2. The van der Waals surface area contributed by atoms with Crippen molar-refractivity contribution in [1.29, 1.82) is 0 Å². The van der Waals surface area contributed by atoms with Gasteiger partial charge < -0.3 is 15.4 Å². The van der Waals surface area contributed by atoms with Crippen LogP contribution in [-0.4, -0.2) is 28.0 Å². The van der Waals surface area contributed by atoms with E-state index in [4.69, 9.17) is 28.6 Å². The topological polar surface area (TPSA) is 68.2 Å². The second-order valence-corrected chi connectivity index (χ2v) is 9.88. The number of aryl methyl sites for hydroxylation is 1. The Morgan fingerprint density at radius 1 is 1.32 bits per heavy atom. The van der Waals surface area contributed by atoms with Crippen molar-refractivity contribution in [2.45, 2.75) is 32.2 Å². The fraction of sp³-hybridized carbons (Fsp3) is 0.286. The third-order valence-corrected chi connectivity index (χ3v) is 7.39. The summed E-state index contributed by atoms with van der Waals surface area (Å²) in [7, 11) is 1.40. The highest BCUT2D eigenvalue weighted by atomic mass is 79.9. The Hall–Kier alpha value is -1.94. The van der Waals surface area contributed by atoms with Crippen molar-refractivity contribution in [2.24, 2.45) is 0 Å². The molecule has 2 aromatic heterocycles. The predicted octanol–water partition coefficient (Wildman–Crippen LogP) is 5.88. The smallest absolute Gasteiger partial charge is 0.341 e. The molecule has 162 valence electrons. The standard InChI is InChI=1S/C21H20BrClN4O2S2/c1-29-20(28)17-13-7-3-5-9-16(13)31-19(17)25-21(30)24-18-14(22)11-27(26-18)10-12-6-2-4-8-15(12)23/h2,4,6,8,11H,3,5,7,9-10H2,1H3,(H2,24,25,26,30). The van der Waals surface area contributed by atoms with Crippen molar-refractivity contribution >= 4 is 73.0 Å². The summed E-state index contributed by atoms with van der Waals surface area (Å²) < 4.78 is 7.56. The van der Waals surface area contributed by atoms with Gasteiger partial charge >= 0.3 is 5.97 Å². The number of ether oxygens (including phenoxy) is 1. The fourth-order valence-electron chi connectivity index (χ4n) is 3.58. The minimum absolute atomic E-state index is 0.338. The molecule has 6 nitrogen and oxygen atoms in total. The molecule has 0 bridgehead atoms. The summed E-state index contributed by atoms with van der Waals surface area (Å²) in [6, 6.07) is 7.65. The number of rotatable bonds is 5. The third kappa shape index (κ3) is 4.95. The van der Waals surface area contributed by atoms with E-state index in [0.29, 0.717) is 33.1 Å². The average Bonchev–Trinajstić information content (AvgIpc) is 3.28. The van der Waals surface area contributed by atoms with Crippen molar-refractivity contribution < 1.29 is 9.53 Å². The normalized spacial score (nSPS) is 12.9. The Labute approximate surface area is 203 Å². The Morgan fingerprint density at radius 2 is 2.10 bits per heavy atom. The second kappa shape index (κ2) is 9.68. The van der Waals surface area contributed by atoms with Crippen molar-refractivity contribution in [1.82, 2.24) is 9.78 Å². The highest BCUT2D eigenvalue weighted by Gasteiger charge is 2.26. The van der Waals surface area contributed by atoms with Gasteiger partial charge in [-0.2, -0.15) is 5.10 Å². The predicted molar refractivity (Wildman–Crippen MR) is 133 cm³/mol. The average molecular weight is 540 g/mol. The number of anilines is 2. The van der Waals surface area contributed by atoms with E-state index in [1.807, 2.05) is 30.5 Å². The van der Waals surface area contributed by atoms with Gasteiger partial charge in [0.1, 0.15) is 5.00 Å². The molecule has 2 N–H and O–H groups in total. The molecule has 0 spiro atoms. The quantitative estimate of drug-likeness (QED) is 0.312. The largest absolute Gasteiger partial charge is 0.465 e. The lowest BCUT2D eigenvalue weighted by Gasteiger charge is -2.12. The van der Waals surface area contributed by atoms with Crippen molar-refractivity contribution in [3.63, 3.8) is 0 Å². The first-order chi connectivity index (χ1) is 15.0. The summed E-state index contributed by atoms with van der Waals surface area (Å²) in [6.07, 6.45) is 5.93. The van der Waals surface area contributed by atoms with Gasteiger partial charge in [-0.1, -0.05) is 29.8 Å². The van der Waals surface area contributed by atoms with Gasteiger partial charge in [0.2, 0.25) is 0 Å². The molecule has 0 fully saturated rings. The first-order valence-corrected chi connectivity index (χ1v) is 12.1. The number of nitrogens with one attached hydrogen (secondary N) is 2. The van der Waals surface area contributed by atoms with E-state index in [-0.39, 0.29) is 5.97 Å². The number of hydrogen-bond acceptors (Lipinski definition) is 5. The molecule has 4 rings (SSSR count). The van der Waals surface area contributed by atoms with E-state index < -0.39 is 0 Å². The van der Waals surface area contributed by atoms with Gasteiger partial charge in [0.05, 0.1) is 23.7 Å². The molecule has 1 aliphatic carbocycles. The van der Waals surface area contributed by atoms with Crippen molar-refractivity contribution in [3.05, 3.63) is 61.5 Å². The number of halogens is 2. The van der Waals surface area contributed by atoms with E-state index in [2.05, 4.69) is 31.7 Å².